The summed E-state index contributed by atoms with van der Waals surface area (Å²) in [5.41, 5.74) is 9.46. The molecular formula is C2H6Cl2N2O8. The lowest BCUT2D eigenvalue weighted by Gasteiger charge is -2.22. The van der Waals surface area contributed by atoms with Gasteiger partial charge in [0.05, 0.1) is 27.0 Å². The van der Waals surface area contributed by atoms with Crippen LogP contribution in [0.3, 0.4) is 0 Å². The van der Waals surface area contributed by atoms with E-state index >= 15 is 0 Å². The van der Waals surface area contributed by atoms with E-state index in [4.69, 9.17) is 11.5 Å². The third-order valence-corrected chi connectivity index (χ3v) is 1.64. The Morgan fingerprint density at radius 2 is 1.21 bits per heavy atom. The van der Waals surface area contributed by atoms with Crippen LogP contribution in [0.2, 0.25) is 0 Å². The maximum atomic E-state index is 9.97. The topological polar surface area (TPSA) is 209 Å². The third-order valence-electron chi connectivity index (χ3n) is 0.735. The molecule has 0 aromatic carbocycles. The van der Waals surface area contributed by atoms with Crippen LogP contribution in [0.4, 0.5) is 0 Å². The molecule has 12 heteroatoms. The molecule has 0 spiro atoms. The van der Waals surface area contributed by atoms with Gasteiger partial charge in [-0.2, -0.15) is 28.0 Å². The molecule has 0 radical (unpaired) electrons. The molecule has 0 aliphatic carbocycles. The van der Waals surface area contributed by atoms with Crippen molar-refractivity contribution in [1.82, 2.24) is 0 Å². The van der Waals surface area contributed by atoms with Crippen molar-refractivity contribution in [1.29, 1.82) is 0 Å². The first-order chi connectivity index (χ1) is 5.97. The Morgan fingerprint density at radius 1 is 0.929 bits per heavy atom. The van der Waals surface area contributed by atoms with E-state index in [0.717, 1.165) is 0 Å². The van der Waals surface area contributed by atoms with Gasteiger partial charge in [0.25, 0.3) is 0 Å². The minimum atomic E-state index is -5.08. The third kappa shape index (κ3) is 6.61. The number of nitrogens with two attached hydrogens (primary N) is 2. The minimum Gasteiger partial charge on any atom is -0.323 e. The second kappa shape index (κ2) is 4.36. The predicted octanol–water partition coefficient (Wildman–Crippen LogP) is -8.61. The number of hydrogen-bond donors (Lipinski definition) is 2. The van der Waals surface area contributed by atoms with Crippen LogP contribution >= 0.6 is 0 Å². The lowest BCUT2D eigenvalue weighted by atomic mass is 10.5. The van der Waals surface area contributed by atoms with Crippen molar-refractivity contribution >= 4 is 0 Å². The molecule has 86 valence electrons. The van der Waals surface area contributed by atoms with Crippen LogP contribution in [-0.4, -0.2) is 12.5 Å². The monoisotopic (exact) mass is 256 g/mol. The summed E-state index contributed by atoms with van der Waals surface area (Å²) in [5.74, 6) is -3.04. The summed E-state index contributed by atoms with van der Waals surface area (Å²) in [6, 6.07) is 0. The van der Waals surface area contributed by atoms with Crippen molar-refractivity contribution in [3.63, 3.8) is 0 Å². The number of hydrogen-bond acceptors (Lipinski definition) is 10. The Kier molecular flexibility index (Phi) is 4.41. The van der Waals surface area contributed by atoms with Crippen LogP contribution in [0.15, 0.2) is 0 Å². The van der Waals surface area contributed by atoms with Gasteiger partial charge in [-0.15, -0.1) is 0 Å². The van der Waals surface area contributed by atoms with Crippen molar-refractivity contribution in [2.75, 3.05) is 6.54 Å². The molecule has 0 rings (SSSR count). The molecule has 14 heavy (non-hydrogen) atoms. The largest absolute Gasteiger partial charge is 0.533 e. The molecule has 0 aromatic rings. The lowest BCUT2D eigenvalue weighted by molar-refractivity contribution is -1.94. The van der Waals surface area contributed by atoms with Gasteiger partial charge in [-0.25, -0.2) is 0 Å². The summed E-state index contributed by atoms with van der Waals surface area (Å²) in [6.07, 6.45) is 0. The first-order valence-corrected chi connectivity index (χ1v) is 5.16. The smallest absolute Gasteiger partial charge is 0.323 e. The van der Waals surface area contributed by atoms with Crippen LogP contribution in [0.5, 0.6) is 0 Å². The minimum absolute atomic E-state index is 1.05. The molecule has 0 heterocycles. The normalized spacial score (nSPS) is 14.6. The summed E-state index contributed by atoms with van der Waals surface area (Å²) >= 11 is 0. The van der Waals surface area contributed by atoms with Gasteiger partial charge >= 0.3 is 5.91 Å². The molecule has 4 N–H and O–H groups in total. The Balaban J connectivity index is 4.49. The van der Waals surface area contributed by atoms with E-state index in [1.165, 1.54) is 0 Å². The molecule has 0 aliphatic rings. The fourth-order valence-corrected chi connectivity index (χ4v) is 1.26. The van der Waals surface area contributed by atoms with E-state index in [9.17, 15) is 28.0 Å². The van der Waals surface area contributed by atoms with Gasteiger partial charge in [-0.3, -0.25) is 5.73 Å². The molecule has 0 amide bonds. The highest BCUT2D eigenvalue weighted by Gasteiger charge is 2.56. The first kappa shape index (κ1) is 14.2. The van der Waals surface area contributed by atoms with Gasteiger partial charge < -0.3 is 5.73 Å². The van der Waals surface area contributed by atoms with Crippen molar-refractivity contribution in [3.05, 3.63) is 0 Å². The Bertz CT molecular complexity index is 171. The van der Waals surface area contributed by atoms with Crippen molar-refractivity contribution < 1.29 is 57.0 Å². The SMILES string of the molecule is NCC(N)(O[Cl+3]([O-])([O-])[O-])O[Cl+3]([O-])([O-])[O-]. The van der Waals surface area contributed by atoms with Gasteiger partial charge in [0, 0.05) is 0 Å². The van der Waals surface area contributed by atoms with Crippen LogP contribution in [0.1, 0.15) is 0 Å². The lowest BCUT2D eigenvalue weighted by Crippen LogP contribution is -2.73. The van der Waals surface area contributed by atoms with Gasteiger partial charge in [0.1, 0.15) is 8.58 Å². The molecule has 0 bridgehead atoms. The van der Waals surface area contributed by atoms with Gasteiger partial charge in [-0.1, -0.05) is 0 Å². The number of rotatable bonds is 5. The quantitative estimate of drug-likeness (QED) is 0.443. The van der Waals surface area contributed by atoms with Crippen molar-refractivity contribution in [2.24, 2.45) is 11.5 Å². The van der Waals surface area contributed by atoms with Gasteiger partial charge in [-0.05, 0) is 0 Å². The predicted molar refractivity (Wildman–Crippen MR) is 18.1 cm³/mol. The summed E-state index contributed by atoms with van der Waals surface area (Å²) in [4.78, 5) is 0. The Hall–Kier alpha value is 0.180. The fraction of sp³-hybridized carbons (Fsp3) is 1.00. The maximum absolute atomic E-state index is 9.97. The van der Waals surface area contributed by atoms with Crippen molar-refractivity contribution in [3.8, 4) is 0 Å². The van der Waals surface area contributed by atoms with E-state index < -0.39 is 32.9 Å². The second-order valence-corrected chi connectivity index (χ2v) is 3.75. The van der Waals surface area contributed by atoms with Crippen molar-refractivity contribution in [2.45, 2.75) is 5.91 Å². The molecule has 0 saturated heterocycles. The highest BCUT2D eigenvalue weighted by molar-refractivity contribution is 4.54. The molecule has 0 saturated carbocycles. The Morgan fingerprint density at radius 3 is 1.36 bits per heavy atom. The average Bonchev–Trinajstić information content (AvgIpc) is 1.78. The van der Waals surface area contributed by atoms with E-state index in [1.54, 1.807) is 0 Å². The second-order valence-electron chi connectivity index (χ2n) is 1.93. The first-order valence-electron chi connectivity index (χ1n) is 2.69. The summed E-state index contributed by atoms with van der Waals surface area (Å²) in [6.45, 7) is -1.05. The summed E-state index contributed by atoms with van der Waals surface area (Å²) in [7, 11) is -10.2. The van der Waals surface area contributed by atoms with E-state index in [2.05, 4.69) is 8.58 Å². The zero-order valence-corrected chi connectivity index (χ0v) is 7.90. The molecule has 10 nitrogen and oxygen atoms in total. The number of halogens is 2. The van der Waals surface area contributed by atoms with Crippen LogP contribution < -0.4 is 39.4 Å². The van der Waals surface area contributed by atoms with Crippen LogP contribution in [-0.2, 0) is 8.58 Å². The van der Waals surface area contributed by atoms with E-state index in [0.29, 0.717) is 0 Å². The molecule has 0 aliphatic heterocycles. The zero-order chi connectivity index (χ0) is 11.6. The summed E-state index contributed by atoms with van der Waals surface area (Å²) < 4.78 is 66.6. The fourth-order valence-electron chi connectivity index (χ4n) is 0.395. The Labute approximate surface area is 81.7 Å². The van der Waals surface area contributed by atoms with Gasteiger partial charge in [0.2, 0.25) is 0 Å². The zero-order valence-electron chi connectivity index (χ0n) is 6.38. The highest BCUT2D eigenvalue weighted by Crippen LogP contribution is 2.11. The summed E-state index contributed by atoms with van der Waals surface area (Å²) in [5, 5.41) is 0. The average molecular weight is 257 g/mol. The molecule has 0 fully saturated rings. The highest BCUT2D eigenvalue weighted by atomic mass is 35.7. The molecule has 0 unspecified atom stereocenters. The molecule has 0 atom stereocenters. The maximum Gasteiger partial charge on any atom is 0.533 e. The van der Waals surface area contributed by atoms with Crippen LogP contribution in [0.25, 0.3) is 0 Å². The van der Waals surface area contributed by atoms with E-state index in [1.807, 2.05) is 0 Å². The molecular weight excluding hydrogens is 251 g/mol. The van der Waals surface area contributed by atoms with Gasteiger partial charge in [0.15, 0.2) is 0 Å². The van der Waals surface area contributed by atoms with Crippen LogP contribution in [0, 0.1) is 20.5 Å². The standard InChI is InChI=1S/C2H6Cl2N2O8/c5-1-2(6,13-3(7,8)9)14-4(10,11)12/h1,5-6H2. The molecule has 0 aromatic heterocycles. The van der Waals surface area contributed by atoms with E-state index in [-0.39, 0.29) is 0 Å².